The Hall–Kier alpha value is -1.03. The third kappa shape index (κ3) is 3.73. The minimum Gasteiger partial charge on any atom is -0.380 e. The van der Waals surface area contributed by atoms with Crippen LogP contribution < -0.4 is 5.32 Å². The van der Waals surface area contributed by atoms with Crippen molar-refractivity contribution < 1.29 is 0 Å². The second kappa shape index (κ2) is 6.23. The molecule has 2 rings (SSSR count). The molecule has 0 aromatic carbocycles. The molecule has 4 heteroatoms. The van der Waals surface area contributed by atoms with Gasteiger partial charge in [-0.05, 0) is 38.8 Å². The first-order valence-corrected chi connectivity index (χ1v) is 7.24. The third-order valence-corrected chi connectivity index (χ3v) is 3.90. The molecular formula is C14H26N4. The Morgan fingerprint density at radius 1 is 1.44 bits per heavy atom. The number of nitrogens with zero attached hydrogens (tertiary/aromatic N) is 3. The molecule has 1 aromatic rings. The van der Waals surface area contributed by atoms with Gasteiger partial charge in [-0.2, -0.15) is 5.10 Å². The lowest BCUT2D eigenvalue weighted by atomic mass is 10.2. The van der Waals surface area contributed by atoms with Gasteiger partial charge in [-0.1, -0.05) is 13.8 Å². The second-order valence-corrected chi connectivity index (χ2v) is 5.29. The van der Waals surface area contributed by atoms with E-state index in [1.54, 1.807) is 0 Å². The minimum absolute atomic E-state index is 0.588. The Labute approximate surface area is 110 Å². The van der Waals surface area contributed by atoms with Crippen molar-refractivity contribution in [3.8, 4) is 0 Å². The topological polar surface area (TPSA) is 33.1 Å². The summed E-state index contributed by atoms with van der Waals surface area (Å²) in [6.45, 7) is 11.0. The summed E-state index contributed by atoms with van der Waals surface area (Å²) in [5, 5.41) is 7.96. The summed E-state index contributed by atoms with van der Waals surface area (Å²) in [5.41, 5.74) is 1.16. The zero-order valence-corrected chi connectivity index (χ0v) is 11.9. The Kier molecular flexibility index (Phi) is 4.64. The summed E-state index contributed by atoms with van der Waals surface area (Å²) >= 11 is 0. The van der Waals surface area contributed by atoms with Gasteiger partial charge in [0, 0.05) is 18.8 Å². The third-order valence-electron chi connectivity index (χ3n) is 3.90. The smallest absolute Gasteiger partial charge is 0.0728 e. The van der Waals surface area contributed by atoms with Crippen LogP contribution in [0.4, 0.5) is 5.69 Å². The SMILES string of the molecule is CCN(CC)CCn1cc(NC(C)C2CC2)cn1. The van der Waals surface area contributed by atoms with E-state index in [0.717, 1.165) is 37.8 Å². The molecule has 1 heterocycles. The number of anilines is 1. The van der Waals surface area contributed by atoms with Crippen LogP contribution >= 0.6 is 0 Å². The lowest BCUT2D eigenvalue weighted by Crippen LogP contribution is -2.27. The van der Waals surface area contributed by atoms with Crippen LogP contribution in [0, 0.1) is 5.92 Å². The van der Waals surface area contributed by atoms with Gasteiger partial charge >= 0.3 is 0 Å². The van der Waals surface area contributed by atoms with E-state index in [4.69, 9.17) is 0 Å². The molecule has 1 aliphatic rings. The first-order chi connectivity index (χ1) is 8.72. The average Bonchev–Trinajstić information content (AvgIpc) is 3.13. The van der Waals surface area contributed by atoms with E-state index >= 15 is 0 Å². The Bertz CT molecular complexity index is 352. The molecule has 1 N–H and O–H groups in total. The number of hydrogen-bond donors (Lipinski definition) is 1. The molecule has 0 aliphatic heterocycles. The van der Waals surface area contributed by atoms with Crippen molar-refractivity contribution >= 4 is 5.69 Å². The van der Waals surface area contributed by atoms with Crippen molar-refractivity contribution in [2.75, 3.05) is 25.0 Å². The highest BCUT2D eigenvalue weighted by Gasteiger charge is 2.27. The van der Waals surface area contributed by atoms with Gasteiger partial charge in [0.25, 0.3) is 0 Å². The van der Waals surface area contributed by atoms with Gasteiger partial charge in [-0.15, -0.1) is 0 Å². The predicted octanol–water partition coefficient (Wildman–Crippen LogP) is 2.44. The van der Waals surface area contributed by atoms with Gasteiger partial charge in [-0.25, -0.2) is 0 Å². The number of likely N-dealkylation sites (N-methyl/N-ethyl adjacent to an activating group) is 1. The fourth-order valence-electron chi connectivity index (χ4n) is 2.32. The molecule has 1 saturated carbocycles. The van der Waals surface area contributed by atoms with Crippen LogP contribution in [0.5, 0.6) is 0 Å². The zero-order valence-electron chi connectivity index (χ0n) is 11.9. The fraction of sp³-hybridized carbons (Fsp3) is 0.786. The lowest BCUT2D eigenvalue weighted by molar-refractivity contribution is 0.285. The molecule has 1 unspecified atom stereocenters. The molecule has 1 aliphatic carbocycles. The van der Waals surface area contributed by atoms with E-state index in [-0.39, 0.29) is 0 Å². The summed E-state index contributed by atoms with van der Waals surface area (Å²) in [5.74, 6) is 0.879. The quantitative estimate of drug-likeness (QED) is 0.769. The molecular weight excluding hydrogens is 224 g/mol. The van der Waals surface area contributed by atoms with Gasteiger partial charge in [0.05, 0.1) is 18.4 Å². The van der Waals surface area contributed by atoms with Crippen molar-refractivity contribution in [1.29, 1.82) is 0 Å². The van der Waals surface area contributed by atoms with E-state index in [9.17, 15) is 0 Å². The van der Waals surface area contributed by atoms with Crippen LogP contribution in [-0.4, -0.2) is 40.4 Å². The van der Waals surface area contributed by atoms with Gasteiger partial charge in [0.15, 0.2) is 0 Å². The fourth-order valence-corrected chi connectivity index (χ4v) is 2.32. The zero-order chi connectivity index (χ0) is 13.0. The number of hydrogen-bond acceptors (Lipinski definition) is 3. The highest BCUT2D eigenvalue weighted by Crippen LogP contribution is 2.33. The van der Waals surface area contributed by atoms with Crippen molar-refractivity contribution in [3.63, 3.8) is 0 Å². The molecule has 0 spiro atoms. The summed E-state index contributed by atoms with van der Waals surface area (Å²) in [7, 11) is 0. The van der Waals surface area contributed by atoms with E-state index in [1.807, 2.05) is 10.9 Å². The van der Waals surface area contributed by atoms with Crippen LogP contribution in [0.3, 0.4) is 0 Å². The normalized spacial score (nSPS) is 17.1. The first kappa shape index (κ1) is 13.4. The molecule has 4 nitrogen and oxygen atoms in total. The second-order valence-electron chi connectivity index (χ2n) is 5.29. The summed E-state index contributed by atoms with van der Waals surface area (Å²) < 4.78 is 2.04. The number of aromatic nitrogens is 2. The monoisotopic (exact) mass is 250 g/mol. The average molecular weight is 250 g/mol. The summed E-state index contributed by atoms with van der Waals surface area (Å²) in [6, 6.07) is 0.588. The Morgan fingerprint density at radius 3 is 2.78 bits per heavy atom. The van der Waals surface area contributed by atoms with Crippen LogP contribution in [0.1, 0.15) is 33.6 Å². The van der Waals surface area contributed by atoms with Crippen molar-refractivity contribution in [2.45, 2.75) is 46.2 Å². The molecule has 1 atom stereocenters. The van der Waals surface area contributed by atoms with E-state index in [2.05, 4.69) is 42.3 Å². The van der Waals surface area contributed by atoms with Crippen LogP contribution in [0.2, 0.25) is 0 Å². The molecule has 0 saturated heterocycles. The van der Waals surface area contributed by atoms with Gasteiger partial charge in [0.2, 0.25) is 0 Å². The minimum atomic E-state index is 0.588. The maximum atomic E-state index is 4.42. The maximum Gasteiger partial charge on any atom is 0.0728 e. The van der Waals surface area contributed by atoms with E-state index in [0.29, 0.717) is 6.04 Å². The summed E-state index contributed by atoms with van der Waals surface area (Å²) in [6.07, 6.45) is 6.83. The molecule has 1 fully saturated rings. The molecule has 0 bridgehead atoms. The Balaban J connectivity index is 1.78. The maximum absolute atomic E-state index is 4.42. The Morgan fingerprint density at radius 2 is 2.17 bits per heavy atom. The summed E-state index contributed by atoms with van der Waals surface area (Å²) in [4.78, 5) is 2.42. The standard InChI is InChI=1S/C14H26N4/c1-4-17(5-2)8-9-18-11-14(10-15-18)16-12(3)13-6-7-13/h10-13,16H,4-9H2,1-3H3. The van der Waals surface area contributed by atoms with Crippen molar-refractivity contribution in [3.05, 3.63) is 12.4 Å². The number of rotatable bonds is 8. The van der Waals surface area contributed by atoms with Gasteiger partial charge in [0.1, 0.15) is 0 Å². The predicted molar refractivity (Wildman–Crippen MR) is 75.8 cm³/mol. The first-order valence-electron chi connectivity index (χ1n) is 7.24. The lowest BCUT2D eigenvalue weighted by Gasteiger charge is -2.17. The highest BCUT2D eigenvalue weighted by atomic mass is 15.3. The van der Waals surface area contributed by atoms with Gasteiger partial charge in [-0.3, -0.25) is 4.68 Å². The molecule has 18 heavy (non-hydrogen) atoms. The van der Waals surface area contributed by atoms with E-state index < -0.39 is 0 Å². The van der Waals surface area contributed by atoms with Crippen LogP contribution in [-0.2, 0) is 6.54 Å². The number of nitrogens with one attached hydrogen (secondary N) is 1. The van der Waals surface area contributed by atoms with Gasteiger partial charge < -0.3 is 10.2 Å². The highest BCUT2D eigenvalue weighted by molar-refractivity contribution is 5.39. The van der Waals surface area contributed by atoms with Crippen molar-refractivity contribution in [2.24, 2.45) is 5.92 Å². The molecule has 0 radical (unpaired) electrons. The molecule has 102 valence electrons. The van der Waals surface area contributed by atoms with Crippen LogP contribution in [0.25, 0.3) is 0 Å². The molecule has 1 aromatic heterocycles. The van der Waals surface area contributed by atoms with Crippen LogP contribution in [0.15, 0.2) is 12.4 Å². The van der Waals surface area contributed by atoms with Crippen molar-refractivity contribution in [1.82, 2.24) is 14.7 Å². The largest absolute Gasteiger partial charge is 0.380 e. The molecule has 0 amide bonds. The van der Waals surface area contributed by atoms with E-state index in [1.165, 1.54) is 12.8 Å².